The predicted octanol–water partition coefficient (Wildman–Crippen LogP) is 5.48. The number of aliphatic hydroxyl groups is 1. The zero-order valence-electron chi connectivity index (χ0n) is 34.1. The topological polar surface area (TPSA) is 199 Å². The number of aliphatic hydroxyl groups excluding tert-OH is 1. The molecule has 0 radical (unpaired) electrons. The fraction of sp³-hybridized carbons (Fsp3) is 0.452. The standard InChI is InChI=1S/C42H53N9O6Si/c1-23(2)35(47-34(53)20-52)40(54)50-16-8-9-32(50)39-45-30-15-11-25-17-26(10-13-28(25)37(30)48-39)29-14-12-27(18-43-29)31-19-44-38(46-31)33-21-58(6,7)22-51(33)41(55)36(24(3)4)49-42(56)57-5/h10-15,17-19,23-24,32-33,35-36,52H,8-9,16,20-22H2,1-7H3,(H,44,46)(H,45,48)(H,47,53)(H,49,56)/t32-,33-,35-,36-/m0/s1. The summed E-state index contributed by atoms with van der Waals surface area (Å²) in [6.45, 7) is 12.0. The van der Waals surface area contributed by atoms with Crippen molar-refractivity contribution in [3.05, 3.63) is 66.5 Å². The molecule has 0 spiro atoms. The molecule has 3 aromatic heterocycles. The molecule has 2 fully saturated rings. The second-order valence-corrected chi connectivity index (χ2v) is 22.0. The first kappa shape index (κ1) is 40.6. The number of rotatable bonds is 11. The Kier molecular flexibility index (Phi) is 11.4. The molecule has 16 heteroatoms. The van der Waals surface area contributed by atoms with Crippen molar-refractivity contribution in [2.45, 2.75) is 83.8 Å². The Hall–Kier alpha value is -5.61. The van der Waals surface area contributed by atoms with Crippen molar-refractivity contribution in [2.75, 3.05) is 26.4 Å². The molecule has 7 rings (SSSR count). The molecule has 4 atom stereocenters. The number of methoxy groups -OCH3 is 1. The Morgan fingerprint density at radius 2 is 1.60 bits per heavy atom. The lowest BCUT2D eigenvalue weighted by Gasteiger charge is -2.30. The number of amides is 4. The molecule has 0 aliphatic carbocycles. The first-order valence-corrected chi connectivity index (χ1v) is 23.4. The van der Waals surface area contributed by atoms with Crippen molar-refractivity contribution < 1.29 is 29.0 Å². The largest absolute Gasteiger partial charge is 0.453 e. The molecule has 2 aliphatic rings. The minimum absolute atomic E-state index is 0.122. The van der Waals surface area contributed by atoms with Gasteiger partial charge in [-0.25, -0.2) is 14.8 Å². The summed E-state index contributed by atoms with van der Waals surface area (Å²) >= 11 is 0. The van der Waals surface area contributed by atoms with E-state index in [1.165, 1.54) is 7.11 Å². The number of hydrogen-bond donors (Lipinski definition) is 5. The van der Waals surface area contributed by atoms with E-state index in [0.29, 0.717) is 24.4 Å². The Morgan fingerprint density at radius 3 is 2.29 bits per heavy atom. The highest BCUT2D eigenvalue weighted by Gasteiger charge is 2.46. The molecule has 4 amide bonds. The molecule has 0 unspecified atom stereocenters. The van der Waals surface area contributed by atoms with Gasteiger partial charge in [0.1, 0.15) is 30.3 Å². The van der Waals surface area contributed by atoms with E-state index in [-0.39, 0.29) is 35.7 Å². The number of aromatic nitrogens is 5. The number of nitrogens with zero attached hydrogens (tertiary/aromatic N) is 5. The Bertz CT molecular complexity index is 2340. The third-order valence-electron chi connectivity index (χ3n) is 11.4. The van der Waals surface area contributed by atoms with Gasteiger partial charge in [-0.1, -0.05) is 59.0 Å². The van der Waals surface area contributed by atoms with Crippen LogP contribution in [0.5, 0.6) is 0 Å². The quantitative estimate of drug-likeness (QED) is 0.107. The van der Waals surface area contributed by atoms with Gasteiger partial charge in [0.2, 0.25) is 17.7 Å². The number of H-pyrrole nitrogens is 2. The molecule has 2 aliphatic heterocycles. The molecule has 0 bridgehead atoms. The number of benzene rings is 2. The van der Waals surface area contributed by atoms with E-state index < -0.39 is 38.8 Å². The lowest BCUT2D eigenvalue weighted by atomic mass is 10.0. The second kappa shape index (κ2) is 16.3. The number of hydrogen-bond acceptors (Lipinski definition) is 9. The maximum absolute atomic E-state index is 13.9. The minimum Gasteiger partial charge on any atom is -0.453 e. The highest BCUT2D eigenvalue weighted by molar-refractivity contribution is 6.78. The molecule has 2 aromatic carbocycles. The van der Waals surface area contributed by atoms with E-state index >= 15 is 0 Å². The van der Waals surface area contributed by atoms with Crippen LogP contribution in [0.4, 0.5) is 4.79 Å². The Labute approximate surface area is 338 Å². The summed E-state index contributed by atoms with van der Waals surface area (Å²) in [5.41, 5.74) is 5.11. The SMILES string of the molecule is COC(=O)N[C@H](C(=O)N1C[Si](C)(C)C[C@H]1c1ncc(-c2ccc(-c3ccc4c(ccc5[nH]c([C@@H]6CCCN6C(=O)[C@@H](NC(=O)CO)C(C)C)nc54)c3)nc2)[nH]1)C(C)C. The summed E-state index contributed by atoms with van der Waals surface area (Å²) in [7, 11) is -0.472. The third kappa shape index (κ3) is 8.07. The fourth-order valence-electron chi connectivity index (χ4n) is 8.36. The Balaban J connectivity index is 1.09. The van der Waals surface area contributed by atoms with Gasteiger partial charge >= 0.3 is 6.09 Å². The van der Waals surface area contributed by atoms with E-state index in [2.05, 4.69) is 51.9 Å². The van der Waals surface area contributed by atoms with E-state index in [9.17, 15) is 24.3 Å². The van der Waals surface area contributed by atoms with Crippen LogP contribution >= 0.6 is 0 Å². The van der Waals surface area contributed by atoms with Crippen molar-refractivity contribution >= 4 is 53.7 Å². The van der Waals surface area contributed by atoms with Crippen LogP contribution in [0.2, 0.25) is 19.1 Å². The van der Waals surface area contributed by atoms with Crippen LogP contribution in [-0.4, -0.2) is 110 Å². The third-order valence-corrected chi connectivity index (χ3v) is 14.1. The summed E-state index contributed by atoms with van der Waals surface area (Å²) in [6.07, 6.45) is 5.21. The van der Waals surface area contributed by atoms with Crippen LogP contribution in [0.3, 0.4) is 0 Å². The minimum atomic E-state index is -1.77. The number of imidazole rings is 2. The van der Waals surface area contributed by atoms with Crippen LogP contribution in [0.1, 0.15) is 64.3 Å². The van der Waals surface area contributed by atoms with Crippen LogP contribution in [0, 0.1) is 11.8 Å². The Morgan fingerprint density at radius 1 is 0.879 bits per heavy atom. The summed E-state index contributed by atoms with van der Waals surface area (Å²) in [5, 5.41) is 16.7. The zero-order valence-corrected chi connectivity index (χ0v) is 35.1. The monoisotopic (exact) mass is 807 g/mol. The summed E-state index contributed by atoms with van der Waals surface area (Å²) < 4.78 is 4.80. The van der Waals surface area contributed by atoms with Gasteiger partial charge in [0, 0.05) is 35.4 Å². The first-order chi connectivity index (χ1) is 27.7. The second-order valence-electron chi connectivity index (χ2n) is 17.0. The van der Waals surface area contributed by atoms with Gasteiger partial charge in [-0.3, -0.25) is 19.4 Å². The number of carbonyl (C=O) groups excluding carboxylic acids is 4. The zero-order chi connectivity index (χ0) is 41.5. The van der Waals surface area contributed by atoms with Crippen molar-refractivity contribution in [2.24, 2.45) is 11.8 Å². The van der Waals surface area contributed by atoms with Crippen LogP contribution < -0.4 is 10.6 Å². The molecule has 5 aromatic rings. The molecular weight excluding hydrogens is 755 g/mol. The number of ether oxygens (including phenoxy) is 1. The lowest BCUT2D eigenvalue weighted by molar-refractivity contribution is -0.139. The van der Waals surface area contributed by atoms with Crippen molar-refractivity contribution in [1.29, 1.82) is 0 Å². The van der Waals surface area contributed by atoms with E-state index in [1.807, 2.05) is 63.1 Å². The van der Waals surface area contributed by atoms with Gasteiger partial charge < -0.3 is 40.2 Å². The molecule has 306 valence electrons. The molecule has 2 saturated heterocycles. The summed E-state index contributed by atoms with van der Waals surface area (Å²) in [4.78, 5) is 76.8. The van der Waals surface area contributed by atoms with Crippen molar-refractivity contribution in [3.8, 4) is 22.5 Å². The van der Waals surface area contributed by atoms with Crippen LogP contribution in [-0.2, 0) is 19.1 Å². The van der Waals surface area contributed by atoms with Gasteiger partial charge in [-0.05, 0) is 60.4 Å². The van der Waals surface area contributed by atoms with E-state index in [0.717, 1.165) is 63.2 Å². The number of likely N-dealkylation sites (tertiary alicyclic amines) is 1. The molecule has 0 saturated carbocycles. The normalized spacial score (nSPS) is 18.9. The molecule has 5 N–H and O–H groups in total. The van der Waals surface area contributed by atoms with E-state index in [4.69, 9.17) is 19.7 Å². The predicted molar refractivity (Wildman–Crippen MR) is 223 cm³/mol. The van der Waals surface area contributed by atoms with Gasteiger partial charge in [0.15, 0.2) is 0 Å². The number of aromatic amines is 2. The van der Waals surface area contributed by atoms with Crippen LogP contribution in [0.25, 0.3) is 44.3 Å². The van der Waals surface area contributed by atoms with Crippen LogP contribution in [0.15, 0.2) is 54.9 Å². The maximum atomic E-state index is 13.9. The van der Waals surface area contributed by atoms with Crippen molar-refractivity contribution in [3.63, 3.8) is 0 Å². The molecule has 15 nitrogen and oxygen atoms in total. The van der Waals surface area contributed by atoms with Gasteiger partial charge in [0.05, 0.1) is 55.9 Å². The highest BCUT2D eigenvalue weighted by Crippen LogP contribution is 2.39. The summed E-state index contributed by atoms with van der Waals surface area (Å²) in [5.74, 6) is 0.273. The smallest absolute Gasteiger partial charge is 0.407 e. The lowest BCUT2D eigenvalue weighted by Crippen LogP contribution is -2.52. The average Bonchev–Trinajstić information content (AvgIpc) is 4.03. The number of carbonyl (C=O) groups is 4. The number of pyridine rings is 1. The highest BCUT2D eigenvalue weighted by atomic mass is 28.3. The van der Waals surface area contributed by atoms with Gasteiger partial charge in [0.25, 0.3) is 0 Å². The first-order valence-electron chi connectivity index (χ1n) is 20.0. The number of nitrogens with one attached hydrogen (secondary N) is 4. The van der Waals surface area contributed by atoms with Crippen molar-refractivity contribution in [1.82, 2.24) is 45.4 Å². The summed E-state index contributed by atoms with van der Waals surface area (Å²) in [6, 6.07) is 13.1. The fourth-order valence-corrected chi connectivity index (χ4v) is 11.3. The van der Waals surface area contributed by atoms with Gasteiger partial charge in [-0.15, -0.1) is 0 Å². The molecule has 5 heterocycles. The maximum Gasteiger partial charge on any atom is 0.407 e. The average molecular weight is 808 g/mol. The molecule has 58 heavy (non-hydrogen) atoms. The van der Waals surface area contributed by atoms with E-state index in [1.54, 1.807) is 11.1 Å². The number of alkyl carbamates (subject to hydrolysis) is 1. The van der Waals surface area contributed by atoms with Gasteiger partial charge in [-0.2, -0.15) is 0 Å². The number of fused-ring (bicyclic) bond motifs is 3. The molecular formula is C42H53N9O6Si.